The van der Waals surface area contributed by atoms with Gasteiger partial charge in [-0.05, 0) is 50.7 Å². The van der Waals surface area contributed by atoms with Crippen molar-refractivity contribution in [1.82, 2.24) is 24.5 Å². The lowest BCUT2D eigenvalue weighted by Crippen LogP contribution is -2.33. The van der Waals surface area contributed by atoms with Crippen molar-refractivity contribution in [3.63, 3.8) is 0 Å². The third kappa shape index (κ3) is 3.49. The molecule has 140 valence electrons. The molecule has 0 fully saturated rings. The number of carbonyl (C=O) groups excluding carboxylic acids is 1. The summed E-state index contributed by atoms with van der Waals surface area (Å²) >= 11 is 0. The van der Waals surface area contributed by atoms with Gasteiger partial charge in [0.2, 0.25) is 5.91 Å². The van der Waals surface area contributed by atoms with Crippen molar-refractivity contribution >= 4 is 22.5 Å². The van der Waals surface area contributed by atoms with Gasteiger partial charge in [-0.25, -0.2) is 18.9 Å². The molecule has 0 atom stereocenters. The fourth-order valence-electron chi connectivity index (χ4n) is 3.62. The van der Waals surface area contributed by atoms with Crippen LogP contribution >= 0.6 is 0 Å². The number of allylic oxidation sites excluding steroid dienone is 1. The van der Waals surface area contributed by atoms with Gasteiger partial charge < -0.3 is 5.32 Å². The Labute approximate surface area is 156 Å². The van der Waals surface area contributed by atoms with Crippen molar-refractivity contribution in [3.05, 3.63) is 52.2 Å². The Bertz CT molecular complexity index is 1090. The maximum atomic E-state index is 12.5. The van der Waals surface area contributed by atoms with Crippen LogP contribution in [0.1, 0.15) is 37.7 Å². The summed E-state index contributed by atoms with van der Waals surface area (Å²) in [5, 5.41) is 8.07. The predicted molar refractivity (Wildman–Crippen MR) is 104 cm³/mol. The van der Waals surface area contributed by atoms with Crippen molar-refractivity contribution in [2.75, 3.05) is 6.54 Å². The Kier molecular flexibility index (Phi) is 4.75. The van der Waals surface area contributed by atoms with Crippen LogP contribution in [0.3, 0.4) is 0 Å². The number of para-hydroxylation sites is 1. The van der Waals surface area contributed by atoms with Crippen LogP contribution in [0.15, 0.2) is 41.0 Å². The highest BCUT2D eigenvalue weighted by atomic mass is 16.2. The largest absolute Gasteiger partial charge is 0.354 e. The van der Waals surface area contributed by atoms with E-state index in [-0.39, 0.29) is 18.1 Å². The first-order valence-corrected chi connectivity index (χ1v) is 9.41. The van der Waals surface area contributed by atoms with Crippen molar-refractivity contribution < 1.29 is 4.79 Å². The average molecular weight is 365 g/mol. The van der Waals surface area contributed by atoms with Gasteiger partial charge in [0.1, 0.15) is 12.9 Å². The summed E-state index contributed by atoms with van der Waals surface area (Å²) in [5.41, 5.74) is 3.42. The van der Waals surface area contributed by atoms with Crippen molar-refractivity contribution in [1.29, 1.82) is 0 Å². The number of hydrogen-bond donors (Lipinski definition) is 1. The van der Waals surface area contributed by atoms with E-state index in [0.717, 1.165) is 35.7 Å². The highest BCUT2D eigenvalue weighted by molar-refractivity contribution is 5.92. The van der Waals surface area contributed by atoms with E-state index in [9.17, 15) is 9.59 Å². The van der Waals surface area contributed by atoms with Gasteiger partial charge in [-0.1, -0.05) is 23.8 Å². The summed E-state index contributed by atoms with van der Waals surface area (Å²) in [7, 11) is 0. The van der Waals surface area contributed by atoms with Gasteiger partial charge in [0.15, 0.2) is 5.65 Å². The molecule has 4 rings (SSSR count). The topological polar surface area (TPSA) is 81.3 Å². The van der Waals surface area contributed by atoms with E-state index in [1.807, 2.05) is 25.1 Å². The number of amides is 1. The Hall–Kier alpha value is -2.96. The Morgan fingerprint density at radius 1 is 1.30 bits per heavy atom. The lowest BCUT2D eigenvalue weighted by molar-refractivity contribution is -0.121. The van der Waals surface area contributed by atoms with E-state index in [0.29, 0.717) is 12.2 Å². The highest BCUT2D eigenvalue weighted by Crippen LogP contribution is 2.19. The van der Waals surface area contributed by atoms with E-state index in [1.165, 1.54) is 33.8 Å². The molecule has 1 N–H and O–H groups in total. The van der Waals surface area contributed by atoms with Crippen LogP contribution in [0.2, 0.25) is 0 Å². The maximum absolute atomic E-state index is 12.5. The first kappa shape index (κ1) is 17.5. The van der Waals surface area contributed by atoms with Crippen LogP contribution in [-0.2, 0) is 11.3 Å². The molecule has 27 heavy (non-hydrogen) atoms. The van der Waals surface area contributed by atoms with Gasteiger partial charge in [0.05, 0.1) is 5.52 Å². The first-order valence-electron chi connectivity index (χ1n) is 9.41. The molecule has 1 aliphatic rings. The Morgan fingerprint density at radius 2 is 2.19 bits per heavy atom. The SMILES string of the molecule is Cc1cccc2c1ncn1c(=O)n(CC(=O)NCCC3=CCCCC3)nc21. The molecular formula is C20H23N5O2. The standard InChI is InChI=1S/C20H23N5O2/c1-14-6-5-9-16-18(14)22-13-24-19(16)23-25(20(24)27)12-17(26)21-11-10-15-7-3-2-4-8-15/h5-7,9,13H,2-4,8,10-12H2,1H3,(H,21,26). The molecule has 1 amide bonds. The number of aromatic nitrogens is 4. The molecule has 1 aliphatic carbocycles. The fraction of sp³-hybridized carbons (Fsp3) is 0.400. The molecule has 0 bridgehead atoms. The van der Waals surface area contributed by atoms with Crippen LogP contribution in [0.5, 0.6) is 0 Å². The second kappa shape index (κ2) is 7.34. The molecule has 3 aromatic rings. The zero-order valence-electron chi connectivity index (χ0n) is 15.4. The number of rotatable bonds is 5. The molecular weight excluding hydrogens is 342 g/mol. The van der Waals surface area contributed by atoms with Gasteiger partial charge in [-0.2, -0.15) is 0 Å². The van der Waals surface area contributed by atoms with Crippen LogP contribution in [0.25, 0.3) is 16.6 Å². The van der Waals surface area contributed by atoms with E-state index >= 15 is 0 Å². The van der Waals surface area contributed by atoms with Crippen LogP contribution in [0, 0.1) is 6.92 Å². The summed E-state index contributed by atoms with van der Waals surface area (Å²) < 4.78 is 2.59. The zero-order chi connectivity index (χ0) is 18.8. The average Bonchev–Trinajstić information content (AvgIpc) is 2.99. The third-order valence-corrected chi connectivity index (χ3v) is 5.10. The van der Waals surface area contributed by atoms with Gasteiger partial charge in [-0.15, -0.1) is 5.10 Å². The third-order valence-electron chi connectivity index (χ3n) is 5.10. The predicted octanol–water partition coefficient (Wildman–Crippen LogP) is 2.36. The number of nitrogens with zero attached hydrogens (tertiary/aromatic N) is 4. The van der Waals surface area contributed by atoms with Gasteiger partial charge in [0, 0.05) is 11.9 Å². The van der Waals surface area contributed by atoms with Crippen molar-refractivity contribution in [2.24, 2.45) is 0 Å². The number of nitrogens with one attached hydrogen (secondary N) is 1. The van der Waals surface area contributed by atoms with Crippen LogP contribution in [0.4, 0.5) is 0 Å². The number of hydrogen-bond acceptors (Lipinski definition) is 4. The minimum Gasteiger partial charge on any atom is -0.354 e. The van der Waals surface area contributed by atoms with Crippen molar-refractivity contribution in [3.8, 4) is 0 Å². The summed E-state index contributed by atoms with van der Waals surface area (Å²) in [6.07, 6.45) is 9.39. The van der Waals surface area contributed by atoms with E-state index in [1.54, 1.807) is 0 Å². The molecule has 0 saturated carbocycles. The molecule has 0 aliphatic heterocycles. The maximum Gasteiger partial charge on any atom is 0.352 e. The Morgan fingerprint density at radius 3 is 3.00 bits per heavy atom. The molecule has 0 unspecified atom stereocenters. The number of aryl methyl sites for hydroxylation is 1. The van der Waals surface area contributed by atoms with Crippen LogP contribution in [-0.4, -0.2) is 31.6 Å². The summed E-state index contributed by atoms with van der Waals surface area (Å²) in [4.78, 5) is 29.2. The van der Waals surface area contributed by atoms with E-state index < -0.39 is 0 Å². The Balaban J connectivity index is 1.50. The molecule has 2 heterocycles. The van der Waals surface area contributed by atoms with E-state index in [4.69, 9.17) is 0 Å². The molecule has 0 saturated heterocycles. The molecule has 0 radical (unpaired) electrons. The first-order chi connectivity index (χ1) is 13.1. The number of carbonyl (C=O) groups is 1. The molecule has 2 aromatic heterocycles. The zero-order valence-corrected chi connectivity index (χ0v) is 15.4. The van der Waals surface area contributed by atoms with Crippen molar-refractivity contribution in [2.45, 2.75) is 45.6 Å². The molecule has 0 spiro atoms. The molecule has 7 nitrogen and oxygen atoms in total. The minimum atomic E-state index is -0.356. The number of fused-ring (bicyclic) bond motifs is 3. The second-order valence-corrected chi connectivity index (χ2v) is 7.06. The van der Waals surface area contributed by atoms with Gasteiger partial charge in [0.25, 0.3) is 0 Å². The smallest absolute Gasteiger partial charge is 0.352 e. The lowest BCUT2D eigenvalue weighted by Gasteiger charge is -2.12. The second-order valence-electron chi connectivity index (χ2n) is 7.06. The minimum absolute atomic E-state index is 0.0904. The number of benzene rings is 1. The molecule has 1 aromatic carbocycles. The highest BCUT2D eigenvalue weighted by Gasteiger charge is 2.14. The summed E-state index contributed by atoms with van der Waals surface area (Å²) in [6.45, 7) is 2.47. The lowest BCUT2D eigenvalue weighted by atomic mass is 9.97. The van der Waals surface area contributed by atoms with Gasteiger partial charge >= 0.3 is 5.69 Å². The summed E-state index contributed by atoms with van der Waals surface area (Å²) in [5.74, 6) is -0.203. The fourth-order valence-corrected chi connectivity index (χ4v) is 3.62. The molecule has 7 heteroatoms. The van der Waals surface area contributed by atoms with Gasteiger partial charge in [-0.3, -0.25) is 4.79 Å². The quantitative estimate of drug-likeness (QED) is 0.704. The van der Waals surface area contributed by atoms with E-state index in [2.05, 4.69) is 21.5 Å². The normalized spacial score (nSPS) is 14.5. The van der Waals surface area contributed by atoms with Crippen LogP contribution < -0.4 is 11.0 Å². The monoisotopic (exact) mass is 365 g/mol. The summed E-state index contributed by atoms with van der Waals surface area (Å²) in [6, 6.07) is 5.77.